The molecule has 0 unspecified atom stereocenters. The molecule has 0 aliphatic heterocycles. The van der Waals surface area contributed by atoms with Crippen molar-refractivity contribution in [3.05, 3.63) is 83.0 Å². The number of carbonyl (C=O) groups excluding carboxylic acids is 1. The Kier molecular flexibility index (Phi) is 3.99. The topological polar surface area (TPSA) is 52.1 Å². The summed E-state index contributed by atoms with van der Waals surface area (Å²) in [5, 5.41) is 0.496. The summed E-state index contributed by atoms with van der Waals surface area (Å²) < 4.78 is 6.77. The number of nitrogens with zero attached hydrogens (tertiary/aromatic N) is 2. The van der Waals surface area contributed by atoms with E-state index in [9.17, 15) is 4.79 Å². The normalized spacial score (nSPS) is 10.8. The Bertz CT molecular complexity index is 1020. The highest BCUT2D eigenvalue weighted by molar-refractivity contribution is 7.20. The van der Waals surface area contributed by atoms with Gasteiger partial charge in [0, 0.05) is 17.3 Å². The van der Waals surface area contributed by atoms with E-state index in [0.29, 0.717) is 22.2 Å². The number of rotatable bonds is 4. The molecule has 25 heavy (non-hydrogen) atoms. The lowest BCUT2D eigenvalue weighted by atomic mass is 10.1. The van der Waals surface area contributed by atoms with Crippen molar-refractivity contribution in [1.82, 2.24) is 9.97 Å². The Labute approximate surface area is 148 Å². The van der Waals surface area contributed by atoms with Gasteiger partial charge in [0.25, 0.3) is 0 Å². The third-order valence-corrected chi connectivity index (χ3v) is 4.82. The molecule has 0 N–H and O–H groups in total. The zero-order valence-electron chi connectivity index (χ0n) is 13.5. The second kappa shape index (κ2) is 6.45. The molecule has 0 atom stereocenters. The first-order chi connectivity index (χ1) is 12.2. The Balaban J connectivity index is 1.57. The number of thiazole rings is 1. The van der Waals surface area contributed by atoms with Crippen LogP contribution in [0.15, 0.2) is 66.9 Å². The molecule has 0 spiro atoms. The molecular weight excluding hydrogens is 332 g/mol. The number of benzene rings is 2. The van der Waals surface area contributed by atoms with Crippen molar-refractivity contribution in [1.29, 1.82) is 0 Å². The number of aryl methyl sites for hydroxylation is 1. The average Bonchev–Trinajstić information content (AvgIpc) is 3.08. The number of ketones is 1. The lowest BCUT2D eigenvalue weighted by Gasteiger charge is -2.07. The molecule has 0 amide bonds. The first-order valence-corrected chi connectivity index (χ1v) is 8.62. The molecule has 4 rings (SSSR count). The maximum atomic E-state index is 12.6. The van der Waals surface area contributed by atoms with Crippen LogP contribution < -0.4 is 4.74 Å². The van der Waals surface area contributed by atoms with Gasteiger partial charge in [0.15, 0.2) is 5.01 Å². The number of ether oxygens (including phenoxy) is 1. The van der Waals surface area contributed by atoms with E-state index in [4.69, 9.17) is 4.74 Å². The van der Waals surface area contributed by atoms with Crippen LogP contribution in [0.1, 0.15) is 20.9 Å². The maximum Gasteiger partial charge on any atom is 0.222 e. The number of para-hydroxylation sites is 1. The molecule has 0 saturated carbocycles. The third-order valence-electron chi connectivity index (χ3n) is 3.78. The zero-order valence-corrected chi connectivity index (χ0v) is 14.3. The molecule has 4 nitrogen and oxygen atoms in total. The summed E-state index contributed by atoms with van der Waals surface area (Å²) in [6.07, 6.45) is 1.69. The van der Waals surface area contributed by atoms with E-state index in [1.165, 1.54) is 11.3 Å². The summed E-state index contributed by atoms with van der Waals surface area (Å²) in [6, 6.07) is 18.6. The molecule has 5 heteroatoms. The minimum Gasteiger partial charge on any atom is -0.439 e. The van der Waals surface area contributed by atoms with E-state index < -0.39 is 0 Å². The van der Waals surface area contributed by atoms with E-state index >= 15 is 0 Å². The highest BCUT2D eigenvalue weighted by Gasteiger charge is 2.14. The molecule has 2 aromatic heterocycles. The second-order valence-corrected chi connectivity index (χ2v) is 6.60. The van der Waals surface area contributed by atoms with Gasteiger partial charge in [0.05, 0.1) is 10.2 Å². The van der Waals surface area contributed by atoms with Crippen LogP contribution in [0.3, 0.4) is 0 Å². The van der Waals surface area contributed by atoms with Crippen LogP contribution in [-0.4, -0.2) is 15.8 Å². The fourth-order valence-electron chi connectivity index (χ4n) is 2.46. The number of fused-ring (bicyclic) bond motifs is 1. The Morgan fingerprint density at radius 2 is 1.80 bits per heavy atom. The highest BCUT2D eigenvalue weighted by Crippen LogP contribution is 2.26. The zero-order chi connectivity index (χ0) is 17.2. The van der Waals surface area contributed by atoms with E-state index in [0.717, 1.165) is 15.8 Å². The molecule has 0 saturated heterocycles. The maximum absolute atomic E-state index is 12.6. The van der Waals surface area contributed by atoms with Gasteiger partial charge >= 0.3 is 0 Å². The first kappa shape index (κ1) is 15.5. The van der Waals surface area contributed by atoms with Crippen molar-refractivity contribution in [3.8, 4) is 11.6 Å². The van der Waals surface area contributed by atoms with Gasteiger partial charge in [-0.2, -0.15) is 0 Å². The third kappa shape index (κ3) is 3.14. The Morgan fingerprint density at radius 3 is 2.56 bits per heavy atom. The molecule has 4 aromatic rings. The van der Waals surface area contributed by atoms with Crippen molar-refractivity contribution in [2.75, 3.05) is 0 Å². The van der Waals surface area contributed by atoms with E-state index in [1.807, 2.05) is 43.3 Å². The van der Waals surface area contributed by atoms with Gasteiger partial charge in [-0.05, 0) is 49.4 Å². The second-order valence-electron chi connectivity index (χ2n) is 5.57. The van der Waals surface area contributed by atoms with Crippen molar-refractivity contribution in [2.45, 2.75) is 6.92 Å². The SMILES string of the molecule is Cc1cccnc1Oc1ccc(C(=O)c2nc3ccccc3s2)cc1. The molecule has 122 valence electrons. The fourth-order valence-corrected chi connectivity index (χ4v) is 3.38. The molecule has 0 radical (unpaired) electrons. The molecule has 0 bridgehead atoms. The molecule has 0 aliphatic rings. The van der Waals surface area contributed by atoms with Crippen molar-refractivity contribution < 1.29 is 9.53 Å². The van der Waals surface area contributed by atoms with Gasteiger partial charge in [-0.25, -0.2) is 9.97 Å². The monoisotopic (exact) mass is 346 g/mol. The van der Waals surface area contributed by atoms with E-state index in [1.54, 1.807) is 30.5 Å². The summed E-state index contributed by atoms with van der Waals surface area (Å²) in [6.45, 7) is 1.94. The summed E-state index contributed by atoms with van der Waals surface area (Å²) in [7, 11) is 0. The quantitative estimate of drug-likeness (QED) is 0.487. The number of hydrogen-bond acceptors (Lipinski definition) is 5. The van der Waals surface area contributed by atoms with Gasteiger partial charge in [0.2, 0.25) is 11.7 Å². The smallest absolute Gasteiger partial charge is 0.222 e. The lowest BCUT2D eigenvalue weighted by molar-refractivity contribution is 0.103. The summed E-state index contributed by atoms with van der Waals surface area (Å²) in [5.41, 5.74) is 2.39. The lowest BCUT2D eigenvalue weighted by Crippen LogP contribution is -2.00. The van der Waals surface area contributed by atoms with Crippen LogP contribution in [0, 0.1) is 6.92 Å². The van der Waals surface area contributed by atoms with Crippen LogP contribution in [0.4, 0.5) is 0 Å². The number of hydrogen-bond donors (Lipinski definition) is 0. The standard InChI is InChI=1S/C20H14N2O2S/c1-13-5-4-12-21-19(13)24-15-10-8-14(9-11-15)18(23)20-22-16-6-2-3-7-17(16)25-20/h2-12H,1H3. The predicted octanol–water partition coefficient (Wildman–Crippen LogP) is 5.02. The molecule has 2 heterocycles. The van der Waals surface area contributed by atoms with Crippen LogP contribution in [-0.2, 0) is 0 Å². The summed E-state index contributed by atoms with van der Waals surface area (Å²) >= 11 is 1.41. The van der Waals surface area contributed by atoms with Crippen LogP contribution in [0.5, 0.6) is 11.6 Å². The minimum absolute atomic E-state index is 0.0817. The van der Waals surface area contributed by atoms with E-state index in [-0.39, 0.29) is 5.78 Å². The summed E-state index contributed by atoms with van der Waals surface area (Å²) in [5.74, 6) is 1.12. The van der Waals surface area contributed by atoms with Crippen molar-refractivity contribution >= 4 is 27.3 Å². The van der Waals surface area contributed by atoms with Gasteiger partial charge in [-0.3, -0.25) is 4.79 Å². The molecule has 2 aromatic carbocycles. The van der Waals surface area contributed by atoms with Gasteiger partial charge in [-0.1, -0.05) is 18.2 Å². The predicted molar refractivity (Wildman–Crippen MR) is 98.5 cm³/mol. The Hall–Kier alpha value is -3.05. The van der Waals surface area contributed by atoms with Crippen LogP contribution in [0.2, 0.25) is 0 Å². The Morgan fingerprint density at radius 1 is 1.00 bits per heavy atom. The number of pyridine rings is 1. The summed E-state index contributed by atoms with van der Waals surface area (Å²) in [4.78, 5) is 21.3. The van der Waals surface area contributed by atoms with Crippen LogP contribution in [0.25, 0.3) is 10.2 Å². The highest BCUT2D eigenvalue weighted by atomic mass is 32.1. The van der Waals surface area contributed by atoms with Gasteiger partial charge < -0.3 is 4.74 Å². The molecule has 0 fully saturated rings. The van der Waals surface area contributed by atoms with Gasteiger partial charge in [0.1, 0.15) is 5.75 Å². The van der Waals surface area contributed by atoms with E-state index in [2.05, 4.69) is 9.97 Å². The molecular formula is C20H14N2O2S. The minimum atomic E-state index is -0.0817. The number of aromatic nitrogens is 2. The van der Waals surface area contributed by atoms with Crippen molar-refractivity contribution in [2.24, 2.45) is 0 Å². The van der Waals surface area contributed by atoms with Crippen molar-refractivity contribution in [3.63, 3.8) is 0 Å². The largest absolute Gasteiger partial charge is 0.439 e. The fraction of sp³-hybridized carbons (Fsp3) is 0.0500. The van der Waals surface area contributed by atoms with Crippen LogP contribution >= 0.6 is 11.3 Å². The molecule has 0 aliphatic carbocycles. The average molecular weight is 346 g/mol. The van der Waals surface area contributed by atoms with Gasteiger partial charge in [-0.15, -0.1) is 11.3 Å². The number of carbonyl (C=O) groups is 1. The first-order valence-electron chi connectivity index (χ1n) is 7.80.